The lowest BCUT2D eigenvalue weighted by Crippen LogP contribution is -2.30. The van der Waals surface area contributed by atoms with Crippen molar-refractivity contribution in [1.82, 2.24) is 0 Å². The number of carbonyl (C=O) groups is 2. The second-order valence-corrected chi connectivity index (χ2v) is 5.97. The molecular weight excluding hydrogens is 358 g/mol. The number of benzene rings is 2. The molecule has 4 nitrogen and oxygen atoms in total. The lowest BCUT2D eigenvalue weighted by atomic mass is 10.1. The summed E-state index contributed by atoms with van der Waals surface area (Å²) in [6.45, 7) is 3.50. The van der Waals surface area contributed by atoms with Crippen molar-refractivity contribution < 1.29 is 14.3 Å². The first-order chi connectivity index (χ1) is 11.0. The van der Waals surface area contributed by atoms with Gasteiger partial charge in [0.05, 0.1) is 0 Å². The number of amides is 1. The number of ether oxygens (including phenoxy) is 1. The van der Waals surface area contributed by atoms with Crippen LogP contribution in [0.2, 0.25) is 0 Å². The van der Waals surface area contributed by atoms with Crippen LogP contribution in [-0.2, 0) is 4.79 Å². The third kappa shape index (κ3) is 4.93. The molecule has 0 fully saturated rings. The summed E-state index contributed by atoms with van der Waals surface area (Å²) in [6.07, 6.45) is -0.182. The molecule has 0 heterocycles. The number of hydrogen-bond acceptors (Lipinski definition) is 3. The zero-order valence-corrected chi connectivity index (χ0v) is 14.6. The van der Waals surface area contributed by atoms with Crippen LogP contribution in [0.15, 0.2) is 53.0 Å². The van der Waals surface area contributed by atoms with Gasteiger partial charge in [-0.1, -0.05) is 22.9 Å². The summed E-state index contributed by atoms with van der Waals surface area (Å²) in [7, 11) is 0. The van der Waals surface area contributed by atoms with E-state index < -0.39 is 6.10 Å². The molecule has 0 unspecified atom stereocenters. The molecular formula is C18H18BrNO3. The first-order valence-corrected chi connectivity index (χ1v) is 8.15. The third-order valence-corrected chi connectivity index (χ3v) is 3.82. The molecule has 2 rings (SSSR count). The van der Waals surface area contributed by atoms with Crippen molar-refractivity contribution in [2.75, 3.05) is 5.32 Å². The quantitative estimate of drug-likeness (QED) is 0.758. The largest absolute Gasteiger partial charge is 0.481 e. The Kier molecular flexibility index (Phi) is 5.93. The summed E-state index contributed by atoms with van der Waals surface area (Å²) in [5.41, 5.74) is 1.35. The Labute approximate surface area is 144 Å². The average molecular weight is 376 g/mol. The first-order valence-electron chi connectivity index (χ1n) is 7.36. The Morgan fingerprint density at radius 1 is 1.09 bits per heavy atom. The lowest BCUT2D eigenvalue weighted by molar-refractivity contribution is -0.122. The van der Waals surface area contributed by atoms with E-state index in [1.807, 2.05) is 19.1 Å². The highest BCUT2D eigenvalue weighted by Gasteiger charge is 2.15. The van der Waals surface area contributed by atoms with E-state index in [-0.39, 0.29) is 11.7 Å². The van der Waals surface area contributed by atoms with Gasteiger partial charge in [-0.3, -0.25) is 9.59 Å². The standard InChI is InChI=1S/C18H18BrNO3/c1-3-17(21)13-4-10-16(11-5-13)23-12(2)18(22)20-15-8-6-14(19)7-9-15/h4-12H,3H2,1-2H3,(H,20,22)/t12-/m1/s1. The predicted molar refractivity (Wildman–Crippen MR) is 93.9 cm³/mol. The SMILES string of the molecule is CCC(=O)c1ccc(O[C@H](C)C(=O)Nc2ccc(Br)cc2)cc1. The van der Waals surface area contributed by atoms with E-state index in [2.05, 4.69) is 21.2 Å². The van der Waals surface area contributed by atoms with E-state index in [4.69, 9.17) is 4.74 Å². The number of ketones is 1. The fraction of sp³-hybridized carbons (Fsp3) is 0.222. The number of Topliss-reactive ketones (excluding diaryl/α,β-unsaturated/α-hetero) is 1. The average Bonchev–Trinajstić information content (AvgIpc) is 2.56. The highest BCUT2D eigenvalue weighted by atomic mass is 79.9. The molecule has 2 aromatic rings. The Morgan fingerprint density at radius 2 is 1.70 bits per heavy atom. The molecule has 2 aromatic carbocycles. The van der Waals surface area contributed by atoms with Crippen LogP contribution in [0.1, 0.15) is 30.6 Å². The van der Waals surface area contributed by atoms with Crippen LogP contribution in [-0.4, -0.2) is 17.8 Å². The van der Waals surface area contributed by atoms with Gasteiger partial charge >= 0.3 is 0 Å². The number of carbonyl (C=O) groups excluding carboxylic acids is 2. The van der Waals surface area contributed by atoms with Crippen molar-refractivity contribution in [3.8, 4) is 5.75 Å². The van der Waals surface area contributed by atoms with Crippen molar-refractivity contribution >= 4 is 33.3 Å². The van der Waals surface area contributed by atoms with Gasteiger partial charge in [0, 0.05) is 22.1 Å². The second-order valence-electron chi connectivity index (χ2n) is 5.06. The van der Waals surface area contributed by atoms with Crippen molar-refractivity contribution in [3.05, 3.63) is 58.6 Å². The van der Waals surface area contributed by atoms with Gasteiger partial charge in [0.25, 0.3) is 5.91 Å². The smallest absolute Gasteiger partial charge is 0.265 e. The molecule has 23 heavy (non-hydrogen) atoms. The summed E-state index contributed by atoms with van der Waals surface area (Å²) in [4.78, 5) is 23.7. The van der Waals surface area contributed by atoms with Gasteiger partial charge in [0.2, 0.25) is 0 Å². The zero-order valence-electron chi connectivity index (χ0n) is 13.0. The minimum atomic E-state index is -0.647. The van der Waals surface area contributed by atoms with Gasteiger partial charge in [-0.25, -0.2) is 0 Å². The van der Waals surface area contributed by atoms with Crippen LogP contribution in [0.5, 0.6) is 5.75 Å². The molecule has 5 heteroatoms. The van der Waals surface area contributed by atoms with Gasteiger partial charge in [-0.15, -0.1) is 0 Å². The van der Waals surface area contributed by atoms with E-state index in [9.17, 15) is 9.59 Å². The molecule has 120 valence electrons. The first kappa shape index (κ1) is 17.2. The minimum Gasteiger partial charge on any atom is -0.481 e. The highest BCUT2D eigenvalue weighted by molar-refractivity contribution is 9.10. The molecule has 0 bridgehead atoms. The summed E-state index contributed by atoms with van der Waals surface area (Å²) in [5, 5.41) is 2.79. The van der Waals surface area contributed by atoms with E-state index in [1.54, 1.807) is 43.3 Å². The predicted octanol–water partition coefficient (Wildman–Crippen LogP) is 4.45. The van der Waals surface area contributed by atoms with Gasteiger partial charge in [-0.05, 0) is 55.5 Å². The number of halogens is 1. The molecule has 1 N–H and O–H groups in total. The lowest BCUT2D eigenvalue weighted by Gasteiger charge is -2.15. The topological polar surface area (TPSA) is 55.4 Å². The molecule has 0 aliphatic heterocycles. The molecule has 0 radical (unpaired) electrons. The fourth-order valence-electron chi connectivity index (χ4n) is 1.96. The van der Waals surface area contributed by atoms with Crippen LogP contribution >= 0.6 is 15.9 Å². The van der Waals surface area contributed by atoms with Crippen molar-refractivity contribution in [1.29, 1.82) is 0 Å². The van der Waals surface area contributed by atoms with E-state index in [0.29, 0.717) is 23.4 Å². The Balaban J connectivity index is 1.95. The number of anilines is 1. The van der Waals surface area contributed by atoms with Crippen LogP contribution in [0.4, 0.5) is 5.69 Å². The molecule has 1 atom stereocenters. The zero-order chi connectivity index (χ0) is 16.8. The fourth-order valence-corrected chi connectivity index (χ4v) is 2.22. The summed E-state index contributed by atoms with van der Waals surface area (Å²) < 4.78 is 6.55. The van der Waals surface area contributed by atoms with Crippen molar-refractivity contribution in [2.24, 2.45) is 0 Å². The van der Waals surface area contributed by atoms with Gasteiger partial charge in [0.15, 0.2) is 11.9 Å². The normalized spacial score (nSPS) is 11.6. The third-order valence-electron chi connectivity index (χ3n) is 3.29. The molecule has 0 aliphatic carbocycles. The summed E-state index contributed by atoms with van der Waals surface area (Å²) in [5.74, 6) is 0.398. The van der Waals surface area contributed by atoms with Gasteiger partial charge in [0.1, 0.15) is 5.75 Å². The van der Waals surface area contributed by atoms with Crippen LogP contribution < -0.4 is 10.1 Å². The Bertz CT molecular complexity index is 680. The maximum absolute atomic E-state index is 12.1. The van der Waals surface area contributed by atoms with Gasteiger partial charge < -0.3 is 10.1 Å². The molecule has 0 spiro atoms. The highest BCUT2D eigenvalue weighted by Crippen LogP contribution is 2.17. The molecule has 0 saturated carbocycles. The Hall–Kier alpha value is -2.14. The van der Waals surface area contributed by atoms with E-state index in [1.165, 1.54) is 0 Å². The van der Waals surface area contributed by atoms with Crippen LogP contribution in [0.25, 0.3) is 0 Å². The maximum atomic E-state index is 12.1. The summed E-state index contributed by atoms with van der Waals surface area (Å²) in [6, 6.07) is 14.1. The van der Waals surface area contributed by atoms with E-state index in [0.717, 1.165) is 4.47 Å². The number of rotatable bonds is 6. The maximum Gasteiger partial charge on any atom is 0.265 e. The number of hydrogen-bond donors (Lipinski definition) is 1. The molecule has 1 amide bonds. The minimum absolute atomic E-state index is 0.0811. The summed E-state index contributed by atoms with van der Waals surface area (Å²) >= 11 is 3.34. The van der Waals surface area contributed by atoms with Crippen LogP contribution in [0.3, 0.4) is 0 Å². The second kappa shape index (κ2) is 7.92. The molecule has 0 saturated heterocycles. The van der Waals surface area contributed by atoms with E-state index >= 15 is 0 Å². The van der Waals surface area contributed by atoms with Gasteiger partial charge in [-0.2, -0.15) is 0 Å². The van der Waals surface area contributed by atoms with Crippen LogP contribution in [0, 0.1) is 0 Å². The van der Waals surface area contributed by atoms with Crippen molar-refractivity contribution in [2.45, 2.75) is 26.4 Å². The monoisotopic (exact) mass is 375 g/mol. The molecule has 0 aromatic heterocycles. The number of nitrogens with one attached hydrogen (secondary N) is 1. The molecule has 0 aliphatic rings. The Morgan fingerprint density at radius 3 is 2.26 bits per heavy atom. The van der Waals surface area contributed by atoms with Crippen molar-refractivity contribution in [3.63, 3.8) is 0 Å².